The van der Waals surface area contributed by atoms with Crippen LogP contribution in [0, 0.1) is 4.77 Å². The summed E-state index contributed by atoms with van der Waals surface area (Å²) in [4.78, 5) is 4.09. The van der Waals surface area contributed by atoms with Crippen LogP contribution in [0.3, 0.4) is 0 Å². The van der Waals surface area contributed by atoms with E-state index in [1.807, 2.05) is 16.7 Å². The fourth-order valence-electron chi connectivity index (χ4n) is 1.77. The molecule has 0 aliphatic rings. The SMILES string of the molecule is CCCc1n[nH]c(=S)n1Cc1ccnc(OC)c1. The third-order valence-corrected chi connectivity index (χ3v) is 2.97. The molecule has 0 aliphatic heterocycles. The standard InChI is InChI=1S/C12H16N4OS/c1-3-4-10-14-15-12(18)16(10)8-9-5-6-13-11(7-9)17-2/h5-7H,3-4,8H2,1-2H3,(H,15,18). The molecule has 0 radical (unpaired) electrons. The third-order valence-electron chi connectivity index (χ3n) is 2.66. The first-order valence-electron chi connectivity index (χ1n) is 5.87. The lowest BCUT2D eigenvalue weighted by Gasteiger charge is -2.07. The van der Waals surface area contributed by atoms with Crippen LogP contribution in [0.15, 0.2) is 18.3 Å². The molecular formula is C12H16N4OS. The number of ether oxygens (including phenoxy) is 1. The van der Waals surface area contributed by atoms with Crippen LogP contribution in [0.1, 0.15) is 24.7 Å². The Morgan fingerprint density at radius 1 is 1.50 bits per heavy atom. The number of nitrogens with zero attached hydrogens (tertiary/aromatic N) is 3. The first kappa shape index (κ1) is 12.8. The van der Waals surface area contributed by atoms with Gasteiger partial charge in [-0.2, -0.15) is 5.10 Å². The first-order valence-corrected chi connectivity index (χ1v) is 6.28. The zero-order valence-corrected chi connectivity index (χ0v) is 11.3. The summed E-state index contributed by atoms with van der Waals surface area (Å²) in [6, 6.07) is 3.86. The van der Waals surface area contributed by atoms with E-state index in [1.54, 1.807) is 13.3 Å². The Morgan fingerprint density at radius 3 is 3.06 bits per heavy atom. The van der Waals surface area contributed by atoms with Gasteiger partial charge in [0.2, 0.25) is 5.88 Å². The summed E-state index contributed by atoms with van der Waals surface area (Å²) >= 11 is 5.25. The van der Waals surface area contributed by atoms with E-state index in [1.165, 1.54) is 0 Å². The maximum atomic E-state index is 5.25. The quantitative estimate of drug-likeness (QED) is 0.842. The molecule has 0 aliphatic carbocycles. The average molecular weight is 264 g/mol. The lowest BCUT2D eigenvalue weighted by atomic mass is 10.2. The van der Waals surface area contributed by atoms with Crippen molar-refractivity contribution in [2.24, 2.45) is 0 Å². The van der Waals surface area contributed by atoms with Crippen LogP contribution < -0.4 is 4.74 Å². The van der Waals surface area contributed by atoms with Crippen molar-refractivity contribution in [1.82, 2.24) is 19.7 Å². The lowest BCUT2D eigenvalue weighted by molar-refractivity contribution is 0.397. The highest BCUT2D eigenvalue weighted by atomic mass is 32.1. The van der Waals surface area contributed by atoms with Gasteiger partial charge < -0.3 is 4.74 Å². The summed E-state index contributed by atoms with van der Waals surface area (Å²) < 4.78 is 7.77. The Morgan fingerprint density at radius 2 is 2.33 bits per heavy atom. The normalized spacial score (nSPS) is 10.6. The number of aryl methyl sites for hydroxylation is 1. The van der Waals surface area contributed by atoms with E-state index in [2.05, 4.69) is 22.1 Å². The number of methoxy groups -OCH3 is 1. The molecule has 0 saturated heterocycles. The molecule has 0 fully saturated rings. The van der Waals surface area contributed by atoms with Crippen LogP contribution in [0.25, 0.3) is 0 Å². The van der Waals surface area contributed by atoms with Crippen molar-refractivity contribution in [2.75, 3.05) is 7.11 Å². The minimum atomic E-state index is 0.611. The first-order chi connectivity index (χ1) is 8.74. The second kappa shape index (κ2) is 5.77. The fourth-order valence-corrected chi connectivity index (χ4v) is 1.99. The molecule has 0 unspecified atom stereocenters. The minimum Gasteiger partial charge on any atom is -0.481 e. The van der Waals surface area contributed by atoms with E-state index in [9.17, 15) is 0 Å². The van der Waals surface area contributed by atoms with Crippen LogP contribution in [-0.2, 0) is 13.0 Å². The predicted molar refractivity (Wildman–Crippen MR) is 71.3 cm³/mol. The van der Waals surface area contributed by atoms with Crippen LogP contribution in [0.5, 0.6) is 5.88 Å². The van der Waals surface area contributed by atoms with Gasteiger partial charge in [-0.25, -0.2) is 4.98 Å². The second-order valence-electron chi connectivity index (χ2n) is 3.99. The van der Waals surface area contributed by atoms with Gasteiger partial charge >= 0.3 is 0 Å². The summed E-state index contributed by atoms with van der Waals surface area (Å²) in [5.74, 6) is 1.60. The van der Waals surface area contributed by atoms with Gasteiger partial charge in [0.05, 0.1) is 13.7 Å². The van der Waals surface area contributed by atoms with Crippen LogP contribution >= 0.6 is 12.2 Å². The third kappa shape index (κ3) is 2.76. The smallest absolute Gasteiger partial charge is 0.213 e. The zero-order chi connectivity index (χ0) is 13.0. The molecule has 2 rings (SSSR count). The number of rotatable bonds is 5. The van der Waals surface area contributed by atoms with Gasteiger partial charge in [0.1, 0.15) is 5.82 Å². The number of aromatic amines is 1. The molecular weight excluding hydrogens is 248 g/mol. The Labute approximate surface area is 111 Å². The molecule has 5 nitrogen and oxygen atoms in total. The van der Waals surface area contributed by atoms with Gasteiger partial charge in [-0.15, -0.1) is 0 Å². The van der Waals surface area contributed by atoms with Crippen molar-refractivity contribution in [1.29, 1.82) is 0 Å². The van der Waals surface area contributed by atoms with E-state index in [0.29, 0.717) is 17.2 Å². The molecule has 0 bridgehead atoms. The van der Waals surface area contributed by atoms with Crippen molar-refractivity contribution in [3.8, 4) is 5.88 Å². The molecule has 0 aromatic carbocycles. The number of hydrogen-bond acceptors (Lipinski definition) is 4. The Hall–Kier alpha value is -1.69. The molecule has 96 valence electrons. The van der Waals surface area contributed by atoms with Gasteiger partial charge in [-0.05, 0) is 30.3 Å². The molecule has 6 heteroatoms. The molecule has 2 aromatic rings. The van der Waals surface area contributed by atoms with Gasteiger partial charge in [0, 0.05) is 18.7 Å². The maximum absolute atomic E-state index is 5.25. The van der Waals surface area contributed by atoms with E-state index < -0.39 is 0 Å². The second-order valence-corrected chi connectivity index (χ2v) is 4.37. The molecule has 0 spiro atoms. The number of hydrogen-bond donors (Lipinski definition) is 1. The molecule has 0 saturated carbocycles. The van der Waals surface area contributed by atoms with E-state index in [-0.39, 0.29) is 0 Å². The van der Waals surface area contributed by atoms with Gasteiger partial charge in [0.25, 0.3) is 0 Å². The van der Waals surface area contributed by atoms with Gasteiger partial charge in [0.15, 0.2) is 4.77 Å². The van der Waals surface area contributed by atoms with E-state index in [0.717, 1.165) is 24.2 Å². The van der Waals surface area contributed by atoms with Crippen LogP contribution in [0.4, 0.5) is 0 Å². The highest BCUT2D eigenvalue weighted by molar-refractivity contribution is 7.71. The number of nitrogens with one attached hydrogen (secondary N) is 1. The Kier molecular flexibility index (Phi) is 4.09. The van der Waals surface area contributed by atoms with E-state index in [4.69, 9.17) is 17.0 Å². The minimum absolute atomic E-state index is 0.611. The highest BCUT2D eigenvalue weighted by Crippen LogP contribution is 2.12. The Bertz CT molecular complexity index is 575. The largest absolute Gasteiger partial charge is 0.481 e. The fraction of sp³-hybridized carbons (Fsp3) is 0.417. The number of pyridine rings is 1. The van der Waals surface area contributed by atoms with Crippen molar-refractivity contribution in [3.05, 3.63) is 34.5 Å². The lowest BCUT2D eigenvalue weighted by Crippen LogP contribution is -2.05. The maximum Gasteiger partial charge on any atom is 0.213 e. The molecule has 0 amide bonds. The summed E-state index contributed by atoms with van der Waals surface area (Å²) in [6.45, 7) is 2.81. The topological polar surface area (TPSA) is 55.7 Å². The Balaban J connectivity index is 2.27. The van der Waals surface area contributed by atoms with Crippen molar-refractivity contribution < 1.29 is 4.74 Å². The van der Waals surface area contributed by atoms with Crippen molar-refractivity contribution >= 4 is 12.2 Å². The molecule has 1 N–H and O–H groups in total. The van der Waals surface area contributed by atoms with E-state index >= 15 is 0 Å². The van der Waals surface area contributed by atoms with Crippen LogP contribution in [-0.4, -0.2) is 26.9 Å². The zero-order valence-electron chi connectivity index (χ0n) is 10.5. The van der Waals surface area contributed by atoms with Crippen molar-refractivity contribution in [3.63, 3.8) is 0 Å². The van der Waals surface area contributed by atoms with Gasteiger partial charge in [-0.3, -0.25) is 9.67 Å². The van der Waals surface area contributed by atoms with Gasteiger partial charge in [-0.1, -0.05) is 6.92 Å². The molecule has 18 heavy (non-hydrogen) atoms. The number of H-pyrrole nitrogens is 1. The monoisotopic (exact) mass is 264 g/mol. The summed E-state index contributed by atoms with van der Waals surface area (Å²) in [7, 11) is 1.61. The van der Waals surface area contributed by atoms with Crippen molar-refractivity contribution in [2.45, 2.75) is 26.3 Å². The number of aromatic nitrogens is 4. The molecule has 2 heterocycles. The predicted octanol–water partition coefficient (Wildman–Crippen LogP) is 2.35. The molecule has 0 atom stereocenters. The summed E-state index contributed by atoms with van der Waals surface area (Å²) in [5, 5.41) is 7.08. The van der Waals surface area contributed by atoms with Crippen LogP contribution in [0.2, 0.25) is 0 Å². The molecule has 2 aromatic heterocycles. The summed E-state index contributed by atoms with van der Waals surface area (Å²) in [6.07, 6.45) is 3.69. The highest BCUT2D eigenvalue weighted by Gasteiger charge is 2.06. The average Bonchev–Trinajstić information content (AvgIpc) is 2.72. The summed E-state index contributed by atoms with van der Waals surface area (Å²) in [5.41, 5.74) is 1.09.